The van der Waals surface area contributed by atoms with Crippen LogP contribution in [0.5, 0.6) is 0 Å². The van der Waals surface area contributed by atoms with Gasteiger partial charge in [0.05, 0.1) is 22.5 Å². The fourth-order valence-electron chi connectivity index (χ4n) is 5.10. The first-order chi connectivity index (χ1) is 16.6. The maximum Gasteiger partial charge on any atom is 0.294 e. The van der Waals surface area contributed by atoms with Crippen molar-refractivity contribution in [3.8, 4) is 0 Å². The molecule has 3 heterocycles. The van der Waals surface area contributed by atoms with Crippen molar-refractivity contribution >= 4 is 23.3 Å². The predicted molar refractivity (Wildman–Crippen MR) is 119 cm³/mol. The molecule has 3 aliphatic rings. The molecule has 1 saturated carbocycles. The number of halogens is 3. The van der Waals surface area contributed by atoms with Crippen LogP contribution < -0.4 is 27.0 Å². The molecule has 0 spiro atoms. The highest BCUT2D eigenvalue weighted by molar-refractivity contribution is 6.43. The summed E-state index contributed by atoms with van der Waals surface area (Å²) < 4.78 is 42.4. The van der Waals surface area contributed by atoms with E-state index in [0.717, 1.165) is 0 Å². The van der Waals surface area contributed by atoms with Gasteiger partial charge in [0.15, 0.2) is 0 Å². The SMILES string of the molecule is Cc1c(C(=O)Nc2ccc(F)cc2)c2n(c1C(=O)C(=O)NC1(C3=CNNN3)CC(F)(F)C1)CCC2. The molecule has 2 aliphatic heterocycles. The van der Waals surface area contributed by atoms with Gasteiger partial charge in [-0.3, -0.25) is 14.4 Å². The summed E-state index contributed by atoms with van der Waals surface area (Å²) in [6.45, 7) is 2.02. The molecule has 0 unspecified atom stereocenters. The van der Waals surface area contributed by atoms with Gasteiger partial charge in [-0.25, -0.2) is 13.2 Å². The quantitative estimate of drug-likeness (QED) is 0.314. The van der Waals surface area contributed by atoms with E-state index in [1.165, 1.54) is 30.5 Å². The summed E-state index contributed by atoms with van der Waals surface area (Å²) >= 11 is 0. The number of rotatable bonds is 6. The van der Waals surface area contributed by atoms with Gasteiger partial charge in [-0.1, -0.05) is 0 Å². The zero-order chi connectivity index (χ0) is 25.0. The number of amides is 2. The molecule has 9 nitrogen and oxygen atoms in total. The summed E-state index contributed by atoms with van der Waals surface area (Å²) in [6.07, 6.45) is 1.32. The Morgan fingerprint density at radius 1 is 1.11 bits per heavy atom. The number of hydrazine groups is 2. The zero-order valence-corrected chi connectivity index (χ0v) is 18.7. The molecule has 1 fully saturated rings. The van der Waals surface area contributed by atoms with Gasteiger partial charge in [-0.05, 0) is 49.6 Å². The van der Waals surface area contributed by atoms with Crippen molar-refractivity contribution in [3.05, 3.63) is 64.5 Å². The van der Waals surface area contributed by atoms with Crippen LogP contribution in [-0.4, -0.2) is 33.6 Å². The Bertz CT molecular complexity index is 1260. The Balaban J connectivity index is 1.42. The molecule has 35 heavy (non-hydrogen) atoms. The summed E-state index contributed by atoms with van der Waals surface area (Å²) in [5, 5.41) is 5.20. The van der Waals surface area contributed by atoms with Gasteiger partial charge in [-0.2, -0.15) is 5.53 Å². The number of carbonyl (C=O) groups is 3. The molecule has 1 aromatic heterocycles. The van der Waals surface area contributed by atoms with E-state index in [-0.39, 0.29) is 11.3 Å². The number of carbonyl (C=O) groups excluding carboxylic acids is 3. The van der Waals surface area contributed by atoms with E-state index in [1.54, 1.807) is 11.5 Å². The molecule has 0 saturated heterocycles. The molecular formula is C23H23F3N6O3. The van der Waals surface area contributed by atoms with Crippen molar-refractivity contribution in [2.45, 2.75) is 50.6 Å². The van der Waals surface area contributed by atoms with Crippen LogP contribution in [0, 0.1) is 12.7 Å². The molecule has 2 amide bonds. The minimum Gasteiger partial charge on any atom is -0.341 e. The Morgan fingerprint density at radius 2 is 1.83 bits per heavy atom. The molecule has 0 radical (unpaired) electrons. The van der Waals surface area contributed by atoms with Crippen LogP contribution in [0.1, 0.15) is 51.4 Å². The van der Waals surface area contributed by atoms with Gasteiger partial charge in [0.1, 0.15) is 5.82 Å². The molecule has 5 N–H and O–H groups in total. The third-order valence-corrected chi connectivity index (χ3v) is 6.64. The Kier molecular flexibility index (Phi) is 5.35. The van der Waals surface area contributed by atoms with Gasteiger partial charge < -0.3 is 26.1 Å². The lowest BCUT2D eigenvalue weighted by Gasteiger charge is -2.47. The second-order valence-corrected chi connectivity index (χ2v) is 9.04. The van der Waals surface area contributed by atoms with E-state index in [0.29, 0.717) is 42.0 Å². The highest BCUT2D eigenvalue weighted by Crippen LogP contribution is 2.49. The standard InChI is InChI=1S/C23H23F3N6O3/c1-12-17(20(34)28-14-6-4-13(24)5-7-14)15-3-2-8-32(15)18(12)19(33)21(35)29-22(10-23(25,26)11-22)16-9-27-31-30-16/h4-7,9,27,30-31H,2-3,8,10-11H2,1H3,(H,28,34)(H,29,35). The Hall–Kier alpha value is -3.80. The highest BCUT2D eigenvalue weighted by atomic mass is 19.3. The number of benzene rings is 1. The maximum atomic E-state index is 13.8. The molecule has 0 bridgehead atoms. The lowest BCUT2D eigenvalue weighted by molar-refractivity contribution is -0.138. The van der Waals surface area contributed by atoms with E-state index in [2.05, 4.69) is 27.0 Å². The van der Waals surface area contributed by atoms with Crippen molar-refractivity contribution in [1.29, 1.82) is 0 Å². The maximum absolute atomic E-state index is 13.8. The molecule has 1 aliphatic carbocycles. The third-order valence-electron chi connectivity index (χ3n) is 6.64. The number of aromatic nitrogens is 1. The second-order valence-electron chi connectivity index (χ2n) is 9.04. The molecule has 184 valence electrons. The summed E-state index contributed by atoms with van der Waals surface area (Å²) in [5.74, 6) is -5.83. The first-order valence-corrected chi connectivity index (χ1v) is 11.1. The summed E-state index contributed by atoms with van der Waals surface area (Å²) in [4.78, 5) is 39.4. The van der Waals surface area contributed by atoms with E-state index < -0.39 is 47.7 Å². The number of hydrogen-bond donors (Lipinski definition) is 5. The fourth-order valence-corrected chi connectivity index (χ4v) is 5.10. The molecule has 5 rings (SSSR count). The minimum atomic E-state index is -2.97. The number of alkyl halides is 2. The zero-order valence-electron chi connectivity index (χ0n) is 18.7. The van der Waals surface area contributed by atoms with E-state index in [1.807, 2.05) is 0 Å². The number of hydrogen-bond acceptors (Lipinski definition) is 6. The highest BCUT2D eigenvalue weighted by Gasteiger charge is 2.60. The van der Waals surface area contributed by atoms with Crippen LogP contribution in [0.3, 0.4) is 0 Å². The molecule has 1 aromatic carbocycles. The lowest BCUT2D eigenvalue weighted by Crippen LogP contribution is -2.66. The average molecular weight is 488 g/mol. The van der Waals surface area contributed by atoms with Crippen LogP contribution in [0.15, 0.2) is 36.2 Å². The molecular weight excluding hydrogens is 465 g/mol. The van der Waals surface area contributed by atoms with Gasteiger partial charge >= 0.3 is 0 Å². The minimum absolute atomic E-state index is 0.0603. The smallest absolute Gasteiger partial charge is 0.294 e. The van der Waals surface area contributed by atoms with Gasteiger partial charge in [0, 0.05) is 37.0 Å². The van der Waals surface area contributed by atoms with E-state index in [9.17, 15) is 27.6 Å². The van der Waals surface area contributed by atoms with Crippen LogP contribution >= 0.6 is 0 Å². The number of ketones is 1. The summed E-state index contributed by atoms with van der Waals surface area (Å²) in [6, 6.07) is 5.26. The van der Waals surface area contributed by atoms with Crippen LogP contribution in [0.2, 0.25) is 0 Å². The van der Waals surface area contributed by atoms with E-state index >= 15 is 0 Å². The Morgan fingerprint density at radius 3 is 2.46 bits per heavy atom. The number of Topliss-reactive ketones (excluding diaryl/α,β-unsaturated/α-hetero) is 1. The monoisotopic (exact) mass is 488 g/mol. The first kappa shape index (κ1) is 23.0. The normalized spacial score (nSPS) is 19.0. The summed E-state index contributed by atoms with van der Waals surface area (Å²) in [5.41, 5.74) is 8.38. The van der Waals surface area contributed by atoms with E-state index in [4.69, 9.17) is 0 Å². The van der Waals surface area contributed by atoms with Crippen molar-refractivity contribution < 1.29 is 27.6 Å². The number of nitrogens with zero attached hydrogens (tertiary/aromatic N) is 1. The number of nitrogens with one attached hydrogen (secondary N) is 5. The van der Waals surface area contributed by atoms with Crippen molar-refractivity contribution in [2.24, 2.45) is 0 Å². The van der Waals surface area contributed by atoms with Gasteiger partial charge in [-0.15, -0.1) is 0 Å². The van der Waals surface area contributed by atoms with Gasteiger partial charge in [0.25, 0.3) is 23.5 Å². The Labute approximate surface area is 198 Å². The van der Waals surface area contributed by atoms with Gasteiger partial charge in [0.2, 0.25) is 0 Å². The molecule has 12 heteroatoms. The number of anilines is 1. The van der Waals surface area contributed by atoms with Crippen molar-refractivity contribution in [2.75, 3.05) is 5.32 Å². The lowest BCUT2D eigenvalue weighted by atomic mass is 9.71. The second kappa shape index (κ2) is 8.15. The van der Waals surface area contributed by atoms with Crippen molar-refractivity contribution in [3.63, 3.8) is 0 Å². The largest absolute Gasteiger partial charge is 0.341 e. The first-order valence-electron chi connectivity index (χ1n) is 11.1. The average Bonchev–Trinajstić information content (AvgIpc) is 3.51. The molecule has 2 aromatic rings. The topological polar surface area (TPSA) is 116 Å². The fraction of sp³-hybridized carbons (Fsp3) is 0.348. The van der Waals surface area contributed by atoms with Crippen molar-refractivity contribution in [1.82, 2.24) is 26.3 Å². The van der Waals surface area contributed by atoms with Crippen LogP contribution in [0.4, 0.5) is 18.9 Å². The third kappa shape index (κ3) is 3.93. The van der Waals surface area contributed by atoms with Crippen LogP contribution in [-0.2, 0) is 17.8 Å². The summed E-state index contributed by atoms with van der Waals surface area (Å²) in [7, 11) is 0. The predicted octanol–water partition coefficient (Wildman–Crippen LogP) is 2.05. The van der Waals surface area contributed by atoms with Crippen LogP contribution in [0.25, 0.3) is 0 Å². The number of fused-ring (bicyclic) bond motifs is 1. The molecule has 0 atom stereocenters.